The van der Waals surface area contributed by atoms with Gasteiger partial charge in [-0.05, 0) is 30.3 Å². The highest BCUT2D eigenvalue weighted by atomic mass is 15.3. The van der Waals surface area contributed by atoms with Gasteiger partial charge in [-0.2, -0.15) is 5.10 Å². The van der Waals surface area contributed by atoms with Crippen molar-refractivity contribution in [1.82, 2.24) is 20.1 Å². The second-order valence-corrected chi connectivity index (χ2v) is 4.39. The summed E-state index contributed by atoms with van der Waals surface area (Å²) in [5.41, 5.74) is 2.25. The van der Waals surface area contributed by atoms with Crippen LogP contribution in [0.5, 0.6) is 0 Å². The second-order valence-electron chi connectivity index (χ2n) is 4.39. The zero-order chi connectivity index (χ0) is 13.1. The molecule has 0 saturated heterocycles. The molecule has 0 aliphatic rings. The molecule has 1 aromatic carbocycles. The predicted octanol–water partition coefficient (Wildman–Crippen LogP) is 2.53. The smallest absolute Gasteiger partial charge is 0.154 e. The van der Waals surface area contributed by atoms with Crippen LogP contribution in [0.2, 0.25) is 0 Å². The van der Waals surface area contributed by atoms with Crippen molar-refractivity contribution in [2.75, 3.05) is 6.54 Å². The van der Waals surface area contributed by atoms with Crippen molar-refractivity contribution >= 4 is 10.9 Å². The number of hydrogen-bond donors (Lipinski definition) is 1. The summed E-state index contributed by atoms with van der Waals surface area (Å²) in [4.78, 5) is 4.66. The monoisotopic (exact) mass is 252 g/mol. The Morgan fingerprint density at radius 2 is 2.11 bits per heavy atom. The Hall–Kier alpha value is -2.20. The lowest BCUT2D eigenvalue weighted by Crippen LogP contribution is -2.13. The van der Waals surface area contributed by atoms with Gasteiger partial charge in [0.1, 0.15) is 0 Å². The largest absolute Gasteiger partial charge is 0.313 e. The molecular weight excluding hydrogens is 236 g/mol. The molecule has 0 fully saturated rings. The summed E-state index contributed by atoms with van der Waals surface area (Å²) < 4.78 is 1.79. The molecule has 0 aliphatic carbocycles. The van der Waals surface area contributed by atoms with Gasteiger partial charge in [0.25, 0.3) is 0 Å². The highest BCUT2D eigenvalue weighted by Crippen LogP contribution is 2.19. The lowest BCUT2D eigenvalue weighted by atomic mass is 10.1. The van der Waals surface area contributed by atoms with Crippen LogP contribution in [0.15, 0.2) is 48.8 Å². The maximum Gasteiger partial charge on any atom is 0.154 e. The first-order chi connectivity index (χ1) is 9.38. The normalized spacial score (nSPS) is 11.0. The number of nitrogens with one attached hydrogen (secondary N) is 1. The summed E-state index contributed by atoms with van der Waals surface area (Å²) in [5, 5.41) is 8.81. The fraction of sp³-hybridized carbons (Fsp3) is 0.200. The summed E-state index contributed by atoms with van der Waals surface area (Å²) in [6.07, 6.45) is 3.68. The summed E-state index contributed by atoms with van der Waals surface area (Å²) in [6, 6.07) is 12.2. The first-order valence-corrected chi connectivity index (χ1v) is 6.48. The Balaban J connectivity index is 2.15. The van der Waals surface area contributed by atoms with Gasteiger partial charge in [0.15, 0.2) is 5.82 Å². The van der Waals surface area contributed by atoms with E-state index in [-0.39, 0.29) is 0 Å². The molecule has 4 heteroatoms. The van der Waals surface area contributed by atoms with Crippen LogP contribution in [0.25, 0.3) is 16.7 Å². The van der Waals surface area contributed by atoms with E-state index in [2.05, 4.69) is 34.5 Å². The Kier molecular flexibility index (Phi) is 3.25. The van der Waals surface area contributed by atoms with Crippen molar-refractivity contribution in [2.24, 2.45) is 0 Å². The molecule has 1 N–H and O–H groups in total. The molecule has 0 spiro atoms. The van der Waals surface area contributed by atoms with Gasteiger partial charge in [-0.25, -0.2) is 9.67 Å². The fourth-order valence-corrected chi connectivity index (χ4v) is 2.16. The Morgan fingerprint density at radius 1 is 1.21 bits per heavy atom. The minimum atomic E-state index is 0.841. The van der Waals surface area contributed by atoms with Crippen molar-refractivity contribution in [2.45, 2.75) is 13.5 Å². The van der Waals surface area contributed by atoms with Gasteiger partial charge >= 0.3 is 0 Å². The number of pyridine rings is 1. The molecule has 19 heavy (non-hydrogen) atoms. The van der Waals surface area contributed by atoms with Crippen LogP contribution in [0.1, 0.15) is 12.5 Å². The average molecular weight is 252 g/mol. The average Bonchev–Trinajstić information content (AvgIpc) is 2.98. The summed E-state index contributed by atoms with van der Waals surface area (Å²) in [7, 11) is 0. The van der Waals surface area contributed by atoms with E-state index in [4.69, 9.17) is 0 Å². The van der Waals surface area contributed by atoms with Crippen LogP contribution in [0.3, 0.4) is 0 Å². The van der Waals surface area contributed by atoms with Gasteiger partial charge in [0.2, 0.25) is 0 Å². The van der Waals surface area contributed by atoms with Gasteiger partial charge in [-0.15, -0.1) is 0 Å². The molecule has 96 valence electrons. The number of benzene rings is 1. The fourth-order valence-electron chi connectivity index (χ4n) is 2.16. The van der Waals surface area contributed by atoms with Gasteiger partial charge in [-0.1, -0.05) is 25.1 Å². The molecule has 3 aromatic rings. The number of hydrogen-bond acceptors (Lipinski definition) is 3. The molecule has 0 atom stereocenters. The van der Waals surface area contributed by atoms with E-state index in [0.29, 0.717) is 0 Å². The first-order valence-electron chi connectivity index (χ1n) is 6.48. The summed E-state index contributed by atoms with van der Waals surface area (Å²) in [5.74, 6) is 0.858. The second kappa shape index (κ2) is 5.20. The third-order valence-electron chi connectivity index (χ3n) is 3.09. The van der Waals surface area contributed by atoms with Gasteiger partial charge in [0, 0.05) is 24.3 Å². The Morgan fingerprint density at radius 3 is 2.89 bits per heavy atom. The SMILES string of the molecule is CCNCc1cc(-n2cccn2)nc2ccccc12. The minimum absolute atomic E-state index is 0.841. The first kappa shape index (κ1) is 11.9. The minimum Gasteiger partial charge on any atom is -0.313 e. The number of aromatic nitrogens is 3. The molecule has 0 saturated carbocycles. The van der Waals surface area contributed by atoms with Crippen LogP contribution < -0.4 is 5.32 Å². The Bertz CT molecular complexity index is 674. The van der Waals surface area contributed by atoms with E-state index >= 15 is 0 Å². The molecule has 0 unspecified atom stereocenters. The highest BCUT2D eigenvalue weighted by molar-refractivity contribution is 5.83. The third-order valence-corrected chi connectivity index (χ3v) is 3.09. The van der Waals surface area contributed by atoms with Crippen LogP contribution in [0.4, 0.5) is 0 Å². The number of rotatable bonds is 4. The van der Waals surface area contributed by atoms with Crippen LogP contribution in [-0.4, -0.2) is 21.3 Å². The Labute approximate surface area is 112 Å². The summed E-state index contributed by atoms with van der Waals surface area (Å²) >= 11 is 0. The molecule has 0 bridgehead atoms. The summed E-state index contributed by atoms with van der Waals surface area (Å²) in [6.45, 7) is 3.90. The molecule has 3 rings (SSSR count). The topological polar surface area (TPSA) is 42.7 Å². The molecule has 2 heterocycles. The predicted molar refractivity (Wildman–Crippen MR) is 76.2 cm³/mol. The molecule has 0 radical (unpaired) electrons. The van der Waals surface area contributed by atoms with Crippen molar-refractivity contribution in [3.63, 3.8) is 0 Å². The molecular formula is C15H16N4. The van der Waals surface area contributed by atoms with Crippen molar-refractivity contribution in [3.05, 3.63) is 54.4 Å². The van der Waals surface area contributed by atoms with Crippen molar-refractivity contribution in [3.8, 4) is 5.82 Å². The van der Waals surface area contributed by atoms with E-state index in [1.54, 1.807) is 10.9 Å². The van der Waals surface area contributed by atoms with Crippen molar-refractivity contribution in [1.29, 1.82) is 0 Å². The zero-order valence-electron chi connectivity index (χ0n) is 10.9. The van der Waals surface area contributed by atoms with Crippen LogP contribution in [-0.2, 0) is 6.54 Å². The van der Waals surface area contributed by atoms with Crippen LogP contribution in [0, 0.1) is 0 Å². The van der Waals surface area contributed by atoms with Crippen LogP contribution >= 0.6 is 0 Å². The van der Waals surface area contributed by atoms with E-state index in [9.17, 15) is 0 Å². The van der Waals surface area contributed by atoms with E-state index in [1.807, 2.05) is 30.5 Å². The third kappa shape index (κ3) is 2.35. The van der Waals surface area contributed by atoms with Gasteiger partial charge in [-0.3, -0.25) is 0 Å². The lowest BCUT2D eigenvalue weighted by molar-refractivity contribution is 0.728. The van der Waals surface area contributed by atoms with E-state index in [1.165, 1.54) is 10.9 Å². The van der Waals surface area contributed by atoms with Gasteiger partial charge in [0.05, 0.1) is 5.52 Å². The molecule has 0 aliphatic heterocycles. The number of nitrogens with zero attached hydrogens (tertiary/aromatic N) is 3. The lowest BCUT2D eigenvalue weighted by Gasteiger charge is -2.10. The maximum atomic E-state index is 4.66. The number of para-hydroxylation sites is 1. The molecule has 4 nitrogen and oxygen atoms in total. The number of fused-ring (bicyclic) bond motifs is 1. The van der Waals surface area contributed by atoms with E-state index < -0.39 is 0 Å². The van der Waals surface area contributed by atoms with Gasteiger partial charge < -0.3 is 5.32 Å². The van der Waals surface area contributed by atoms with Crippen molar-refractivity contribution < 1.29 is 0 Å². The standard InChI is InChI=1S/C15H16N4/c1-2-16-11-12-10-15(19-9-5-8-17-19)18-14-7-4-3-6-13(12)14/h3-10,16H,2,11H2,1H3. The van der Waals surface area contributed by atoms with E-state index in [0.717, 1.165) is 24.4 Å². The zero-order valence-corrected chi connectivity index (χ0v) is 10.9. The molecule has 2 aromatic heterocycles. The quantitative estimate of drug-likeness (QED) is 0.776. The molecule has 0 amide bonds. The highest BCUT2D eigenvalue weighted by Gasteiger charge is 2.06. The maximum absolute atomic E-state index is 4.66.